The van der Waals surface area contributed by atoms with Crippen LogP contribution in [0.3, 0.4) is 0 Å². The van der Waals surface area contributed by atoms with E-state index in [0.717, 1.165) is 24.2 Å². The van der Waals surface area contributed by atoms with Gasteiger partial charge in [0.25, 0.3) is 0 Å². The lowest BCUT2D eigenvalue weighted by Crippen LogP contribution is -2.36. The van der Waals surface area contributed by atoms with E-state index < -0.39 is 0 Å². The summed E-state index contributed by atoms with van der Waals surface area (Å²) in [6, 6.07) is 8.19. The molecule has 0 radical (unpaired) electrons. The maximum atomic E-state index is 13.0. The summed E-state index contributed by atoms with van der Waals surface area (Å²) in [6.07, 6.45) is 2.12. The van der Waals surface area contributed by atoms with Crippen LogP contribution in [0.15, 0.2) is 30.3 Å². The zero-order valence-electron chi connectivity index (χ0n) is 14.1. The van der Waals surface area contributed by atoms with Crippen LogP contribution >= 0.6 is 12.2 Å². The van der Waals surface area contributed by atoms with Gasteiger partial charge in [-0.3, -0.25) is 0 Å². The van der Waals surface area contributed by atoms with E-state index >= 15 is 0 Å². The maximum Gasteiger partial charge on any atom is 0.231 e. The lowest BCUT2D eigenvalue weighted by Gasteiger charge is -2.16. The largest absolute Gasteiger partial charge is 0.360 e. The third kappa shape index (κ3) is 5.73. The van der Waals surface area contributed by atoms with Gasteiger partial charge in [-0.05, 0) is 56.8 Å². The molecule has 0 unspecified atom stereocenters. The highest BCUT2D eigenvalue weighted by Crippen LogP contribution is 2.17. The van der Waals surface area contributed by atoms with Crippen LogP contribution in [0.1, 0.15) is 32.4 Å². The van der Waals surface area contributed by atoms with Gasteiger partial charge in [0.2, 0.25) is 5.95 Å². The fourth-order valence-electron chi connectivity index (χ4n) is 2.24. The summed E-state index contributed by atoms with van der Waals surface area (Å²) in [5.41, 5.74) is 1.54. The Bertz CT molecular complexity index is 690. The van der Waals surface area contributed by atoms with Gasteiger partial charge in [-0.1, -0.05) is 13.3 Å². The molecule has 0 saturated heterocycles. The Morgan fingerprint density at radius 2 is 1.96 bits per heavy atom. The van der Waals surface area contributed by atoms with Gasteiger partial charge in [0, 0.05) is 23.5 Å². The van der Waals surface area contributed by atoms with E-state index in [2.05, 4.69) is 39.8 Å². The van der Waals surface area contributed by atoms with Gasteiger partial charge < -0.3 is 16.0 Å². The van der Waals surface area contributed by atoms with Crippen LogP contribution in [0.5, 0.6) is 0 Å². The van der Waals surface area contributed by atoms with Crippen LogP contribution in [-0.2, 0) is 0 Å². The number of hydrogen-bond acceptors (Lipinski definition) is 4. The number of nitrogens with zero attached hydrogens (tertiary/aromatic N) is 2. The van der Waals surface area contributed by atoms with Crippen molar-refractivity contribution in [1.82, 2.24) is 15.3 Å². The van der Waals surface area contributed by atoms with E-state index in [9.17, 15) is 4.39 Å². The first-order valence-corrected chi connectivity index (χ1v) is 8.33. The second-order valence-corrected chi connectivity index (χ2v) is 6.05. The highest BCUT2D eigenvalue weighted by atomic mass is 32.1. The minimum atomic E-state index is -0.278. The third-order valence-corrected chi connectivity index (χ3v) is 3.52. The number of aryl methyl sites for hydroxylation is 1. The second kappa shape index (κ2) is 8.54. The molecule has 1 atom stereocenters. The van der Waals surface area contributed by atoms with E-state index in [-0.39, 0.29) is 11.9 Å². The van der Waals surface area contributed by atoms with Crippen molar-refractivity contribution in [3.8, 4) is 0 Å². The summed E-state index contributed by atoms with van der Waals surface area (Å²) in [5.74, 6) is 0.751. The van der Waals surface area contributed by atoms with Gasteiger partial charge in [0.1, 0.15) is 11.6 Å². The molecule has 0 fully saturated rings. The zero-order valence-corrected chi connectivity index (χ0v) is 14.9. The fraction of sp³-hybridized carbons (Fsp3) is 0.353. The topological polar surface area (TPSA) is 61.9 Å². The average Bonchev–Trinajstić information content (AvgIpc) is 2.49. The smallest absolute Gasteiger partial charge is 0.231 e. The predicted molar refractivity (Wildman–Crippen MR) is 100 cm³/mol. The minimum absolute atomic E-state index is 0.278. The van der Waals surface area contributed by atoms with Crippen molar-refractivity contribution >= 4 is 34.8 Å². The normalized spacial score (nSPS) is 11.7. The molecule has 128 valence electrons. The van der Waals surface area contributed by atoms with Gasteiger partial charge >= 0.3 is 0 Å². The van der Waals surface area contributed by atoms with Gasteiger partial charge in [-0.2, -0.15) is 4.98 Å². The molecule has 5 nitrogen and oxygen atoms in total. The Hall–Kier alpha value is -2.28. The number of halogens is 1. The van der Waals surface area contributed by atoms with E-state index in [0.29, 0.717) is 16.9 Å². The van der Waals surface area contributed by atoms with Crippen molar-refractivity contribution < 1.29 is 4.39 Å². The summed E-state index contributed by atoms with van der Waals surface area (Å²) in [5, 5.41) is 9.83. The molecule has 0 amide bonds. The molecule has 0 aliphatic heterocycles. The van der Waals surface area contributed by atoms with Gasteiger partial charge in [-0.25, -0.2) is 9.37 Å². The first-order chi connectivity index (χ1) is 11.5. The van der Waals surface area contributed by atoms with Gasteiger partial charge in [-0.15, -0.1) is 0 Å². The monoisotopic (exact) mass is 347 g/mol. The molecule has 1 heterocycles. The Kier molecular flexibility index (Phi) is 6.43. The van der Waals surface area contributed by atoms with E-state index in [1.807, 2.05) is 13.0 Å². The highest BCUT2D eigenvalue weighted by molar-refractivity contribution is 7.80. The van der Waals surface area contributed by atoms with Crippen LogP contribution in [0.2, 0.25) is 0 Å². The Labute approximate surface area is 147 Å². The predicted octanol–water partition coefficient (Wildman–Crippen LogP) is 4.14. The van der Waals surface area contributed by atoms with Crippen LogP contribution in [0.25, 0.3) is 0 Å². The minimum Gasteiger partial charge on any atom is -0.360 e. The van der Waals surface area contributed by atoms with E-state index in [1.54, 1.807) is 12.1 Å². The third-order valence-electron chi connectivity index (χ3n) is 3.30. The van der Waals surface area contributed by atoms with Gasteiger partial charge in [0.05, 0.1) is 0 Å². The summed E-state index contributed by atoms with van der Waals surface area (Å²) in [4.78, 5) is 8.72. The van der Waals surface area contributed by atoms with E-state index in [4.69, 9.17) is 12.2 Å². The number of benzene rings is 1. The molecule has 2 rings (SSSR count). The molecule has 0 spiro atoms. The first-order valence-electron chi connectivity index (χ1n) is 7.92. The van der Waals surface area contributed by atoms with Crippen LogP contribution < -0.4 is 16.0 Å². The summed E-state index contributed by atoms with van der Waals surface area (Å²) in [7, 11) is 0. The second-order valence-electron chi connectivity index (χ2n) is 5.64. The van der Waals surface area contributed by atoms with E-state index in [1.165, 1.54) is 12.1 Å². The number of nitrogens with one attached hydrogen (secondary N) is 3. The molecular formula is C17H22FN5S. The van der Waals surface area contributed by atoms with Crippen molar-refractivity contribution in [2.75, 3.05) is 10.6 Å². The quantitative estimate of drug-likeness (QED) is 0.683. The Morgan fingerprint density at radius 1 is 1.25 bits per heavy atom. The standard InChI is InChI=1S/C17H22FN5S/c1-4-5-11(2)20-17(24)23-16-19-12(3)10-15(22-16)21-14-8-6-13(18)7-9-14/h6-11H,4-5H2,1-3H3,(H3,19,20,21,22,23,24)/t11-/m0/s1. The zero-order chi connectivity index (χ0) is 17.5. The molecule has 0 aliphatic rings. The van der Waals surface area contributed by atoms with Crippen molar-refractivity contribution in [1.29, 1.82) is 0 Å². The van der Waals surface area contributed by atoms with Crippen molar-refractivity contribution in [2.45, 2.75) is 39.7 Å². The lowest BCUT2D eigenvalue weighted by molar-refractivity contribution is 0.599. The first kappa shape index (κ1) is 18.1. The average molecular weight is 347 g/mol. The number of hydrogen-bond donors (Lipinski definition) is 3. The van der Waals surface area contributed by atoms with Crippen LogP contribution in [0.4, 0.5) is 21.8 Å². The number of anilines is 3. The Morgan fingerprint density at radius 3 is 2.62 bits per heavy atom. The fourth-order valence-corrected chi connectivity index (χ4v) is 2.53. The molecule has 0 bridgehead atoms. The molecule has 2 aromatic rings. The number of rotatable bonds is 6. The highest BCUT2D eigenvalue weighted by Gasteiger charge is 2.07. The molecule has 24 heavy (non-hydrogen) atoms. The molecule has 0 aliphatic carbocycles. The van der Waals surface area contributed by atoms with Crippen molar-refractivity contribution in [3.05, 3.63) is 41.8 Å². The molecule has 3 N–H and O–H groups in total. The molecule has 0 saturated carbocycles. The SMILES string of the molecule is CCC[C@H](C)NC(=S)Nc1nc(C)cc(Nc2ccc(F)cc2)n1. The lowest BCUT2D eigenvalue weighted by atomic mass is 10.2. The Balaban J connectivity index is 2.05. The summed E-state index contributed by atoms with van der Waals surface area (Å²) in [6.45, 7) is 6.08. The van der Waals surface area contributed by atoms with Crippen LogP contribution in [0, 0.1) is 12.7 Å². The van der Waals surface area contributed by atoms with Crippen LogP contribution in [-0.4, -0.2) is 21.1 Å². The summed E-state index contributed by atoms with van der Waals surface area (Å²) >= 11 is 5.29. The molecule has 1 aromatic carbocycles. The van der Waals surface area contributed by atoms with Crippen molar-refractivity contribution in [3.63, 3.8) is 0 Å². The molecule has 7 heteroatoms. The van der Waals surface area contributed by atoms with Gasteiger partial charge in [0.15, 0.2) is 5.11 Å². The molecule has 1 aromatic heterocycles. The maximum absolute atomic E-state index is 13.0. The number of aromatic nitrogens is 2. The molecular weight excluding hydrogens is 325 g/mol. The summed E-state index contributed by atoms with van der Waals surface area (Å²) < 4.78 is 13.0. The number of thiocarbonyl (C=S) groups is 1. The van der Waals surface area contributed by atoms with Crippen molar-refractivity contribution in [2.24, 2.45) is 0 Å².